The van der Waals surface area contributed by atoms with Crippen molar-refractivity contribution in [3.63, 3.8) is 0 Å². The maximum Gasteiger partial charge on any atom is 0.285 e. The van der Waals surface area contributed by atoms with Gasteiger partial charge in [-0.25, -0.2) is 14.5 Å². The molecule has 0 bridgehead atoms. The molecule has 0 saturated carbocycles. The highest BCUT2D eigenvalue weighted by Crippen LogP contribution is 2.15. The molecule has 0 atom stereocenters. The monoisotopic (exact) mass is 220 g/mol. The van der Waals surface area contributed by atoms with Gasteiger partial charge in [-0.1, -0.05) is 12.1 Å². The van der Waals surface area contributed by atoms with Crippen LogP contribution in [0.4, 0.5) is 16.0 Å². The van der Waals surface area contributed by atoms with Crippen LogP contribution >= 0.6 is 0 Å². The molecule has 2 N–H and O–H groups in total. The number of H-pyrrole nitrogens is 1. The summed E-state index contributed by atoms with van der Waals surface area (Å²) in [4.78, 5) is 14.9. The van der Waals surface area contributed by atoms with E-state index in [-0.39, 0.29) is 22.9 Å². The second-order valence-electron chi connectivity index (χ2n) is 3.18. The molecule has 16 heavy (non-hydrogen) atoms. The summed E-state index contributed by atoms with van der Waals surface area (Å²) >= 11 is 0. The van der Waals surface area contributed by atoms with Gasteiger partial charge in [0.05, 0.1) is 5.69 Å². The summed E-state index contributed by atoms with van der Waals surface area (Å²) in [6, 6.07) is 6.14. The van der Waals surface area contributed by atoms with Gasteiger partial charge < -0.3 is 5.32 Å². The Kier molecular flexibility index (Phi) is 2.63. The standard InChI is InChI=1S/C10H9FN4O/c1-6-9(16)14-15-10(12-6)13-8-5-3-2-4-7(8)11/h2-5H,1H3,(H,14,16)(H,12,13,15). The van der Waals surface area contributed by atoms with Gasteiger partial charge >= 0.3 is 0 Å². The molecule has 6 heteroatoms. The van der Waals surface area contributed by atoms with Crippen LogP contribution in [0.3, 0.4) is 0 Å². The third-order valence-electron chi connectivity index (χ3n) is 1.99. The number of aromatic amines is 1. The molecule has 1 aromatic carbocycles. The molecule has 5 nitrogen and oxygen atoms in total. The lowest BCUT2D eigenvalue weighted by atomic mass is 10.3. The fourth-order valence-electron chi connectivity index (χ4n) is 1.16. The van der Waals surface area contributed by atoms with E-state index < -0.39 is 5.82 Å². The van der Waals surface area contributed by atoms with Crippen molar-refractivity contribution in [3.05, 3.63) is 46.1 Å². The van der Waals surface area contributed by atoms with E-state index in [1.54, 1.807) is 25.1 Å². The van der Waals surface area contributed by atoms with Crippen molar-refractivity contribution >= 4 is 11.6 Å². The van der Waals surface area contributed by atoms with Gasteiger partial charge in [0.2, 0.25) is 5.95 Å². The van der Waals surface area contributed by atoms with Crippen molar-refractivity contribution in [2.75, 3.05) is 5.32 Å². The Morgan fingerprint density at radius 2 is 2.12 bits per heavy atom. The summed E-state index contributed by atoms with van der Waals surface area (Å²) in [5.74, 6) is -0.253. The molecule has 0 amide bonds. The van der Waals surface area contributed by atoms with Crippen molar-refractivity contribution in [2.45, 2.75) is 6.92 Å². The van der Waals surface area contributed by atoms with Gasteiger partial charge in [-0.15, -0.1) is 5.10 Å². The van der Waals surface area contributed by atoms with Crippen LogP contribution in [0.15, 0.2) is 29.1 Å². The maximum absolute atomic E-state index is 13.3. The number of benzene rings is 1. The number of hydrogen-bond acceptors (Lipinski definition) is 4. The third kappa shape index (κ3) is 2.05. The van der Waals surface area contributed by atoms with Crippen LogP contribution in [0.2, 0.25) is 0 Å². The zero-order valence-electron chi connectivity index (χ0n) is 8.49. The number of hydrogen-bond donors (Lipinski definition) is 2. The van der Waals surface area contributed by atoms with Crippen molar-refractivity contribution < 1.29 is 4.39 Å². The first-order valence-corrected chi connectivity index (χ1v) is 4.61. The Hall–Kier alpha value is -2.24. The van der Waals surface area contributed by atoms with E-state index in [0.717, 1.165) is 0 Å². The largest absolute Gasteiger partial charge is 0.320 e. The first-order valence-electron chi connectivity index (χ1n) is 4.61. The van der Waals surface area contributed by atoms with Crippen LogP contribution < -0.4 is 10.9 Å². The Morgan fingerprint density at radius 1 is 1.38 bits per heavy atom. The summed E-state index contributed by atoms with van der Waals surface area (Å²) in [7, 11) is 0. The van der Waals surface area contributed by atoms with Gasteiger partial charge in [0.25, 0.3) is 5.56 Å². The van der Waals surface area contributed by atoms with Crippen LogP contribution in [0.25, 0.3) is 0 Å². The predicted octanol–water partition coefficient (Wildman–Crippen LogP) is 1.36. The van der Waals surface area contributed by atoms with Crippen LogP contribution in [0, 0.1) is 12.7 Å². The molecule has 2 rings (SSSR count). The van der Waals surface area contributed by atoms with Crippen LogP contribution in [-0.4, -0.2) is 15.2 Å². The van der Waals surface area contributed by atoms with Gasteiger partial charge in [-0.2, -0.15) is 0 Å². The lowest BCUT2D eigenvalue weighted by molar-refractivity contribution is 0.631. The van der Waals surface area contributed by atoms with Crippen molar-refractivity contribution in [1.82, 2.24) is 15.2 Å². The second-order valence-corrected chi connectivity index (χ2v) is 3.18. The molecule has 0 fully saturated rings. The minimum absolute atomic E-state index is 0.155. The number of nitrogens with one attached hydrogen (secondary N) is 2. The number of nitrogens with zero attached hydrogens (tertiary/aromatic N) is 2. The highest BCUT2D eigenvalue weighted by atomic mass is 19.1. The van der Waals surface area contributed by atoms with Crippen LogP contribution in [0.1, 0.15) is 5.69 Å². The molecule has 0 spiro atoms. The average Bonchev–Trinajstić information content (AvgIpc) is 2.27. The van der Waals surface area contributed by atoms with E-state index in [1.165, 1.54) is 6.07 Å². The molecule has 0 radical (unpaired) electrons. The summed E-state index contributed by atoms with van der Waals surface area (Å²) < 4.78 is 13.3. The predicted molar refractivity (Wildman–Crippen MR) is 57.1 cm³/mol. The Morgan fingerprint density at radius 3 is 2.81 bits per heavy atom. The molecule has 0 saturated heterocycles. The number of halogens is 1. The van der Waals surface area contributed by atoms with Gasteiger partial charge in [-0.3, -0.25) is 4.79 Å². The van der Waals surface area contributed by atoms with E-state index >= 15 is 0 Å². The topological polar surface area (TPSA) is 70.7 Å². The molecule has 2 aromatic rings. The average molecular weight is 220 g/mol. The number of aromatic nitrogens is 3. The zero-order chi connectivity index (χ0) is 11.5. The van der Waals surface area contributed by atoms with Crippen molar-refractivity contribution in [2.24, 2.45) is 0 Å². The zero-order valence-corrected chi connectivity index (χ0v) is 8.49. The number of anilines is 2. The summed E-state index contributed by atoms with van der Waals surface area (Å²) in [5, 5.41) is 8.58. The first-order chi connectivity index (χ1) is 7.66. The number of aryl methyl sites for hydroxylation is 1. The SMILES string of the molecule is Cc1nc(Nc2ccccc2F)n[nH]c1=O. The molecule has 82 valence electrons. The summed E-state index contributed by atoms with van der Waals surface area (Å²) in [6.45, 7) is 1.55. The van der Waals surface area contributed by atoms with E-state index in [9.17, 15) is 9.18 Å². The van der Waals surface area contributed by atoms with E-state index in [0.29, 0.717) is 0 Å². The first kappa shape index (κ1) is 10.3. The molecule has 0 unspecified atom stereocenters. The summed E-state index contributed by atoms with van der Waals surface area (Å²) in [5.41, 5.74) is 0.168. The Labute approximate surface area is 90.4 Å². The minimum atomic E-state index is -0.407. The number of para-hydroxylation sites is 1. The Bertz CT molecular complexity index is 567. The fraction of sp³-hybridized carbons (Fsp3) is 0.100. The molecule has 0 aliphatic heterocycles. The van der Waals surface area contributed by atoms with E-state index in [1.807, 2.05) is 0 Å². The van der Waals surface area contributed by atoms with E-state index in [2.05, 4.69) is 20.5 Å². The quantitative estimate of drug-likeness (QED) is 0.801. The van der Waals surface area contributed by atoms with E-state index in [4.69, 9.17) is 0 Å². The normalized spacial score (nSPS) is 10.1. The Balaban J connectivity index is 2.31. The molecule has 0 aliphatic rings. The second kappa shape index (κ2) is 4.09. The lowest BCUT2D eigenvalue weighted by Crippen LogP contribution is -2.15. The van der Waals surface area contributed by atoms with Crippen molar-refractivity contribution in [1.29, 1.82) is 0 Å². The highest BCUT2D eigenvalue weighted by molar-refractivity contribution is 5.53. The third-order valence-corrected chi connectivity index (χ3v) is 1.99. The maximum atomic E-state index is 13.3. The van der Waals surface area contributed by atoms with Crippen molar-refractivity contribution in [3.8, 4) is 0 Å². The van der Waals surface area contributed by atoms with Gasteiger partial charge in [0.1, 0.15) is 11.5 Å². The van der Waals surface area contributed by atoms with Gasteiger partial charge in [0.15, 0.2) is 0 Å². The molecule has 0 aliphatic carbocycles. The highest BCUT2D eigenvalue weighted by Gasteiger charge is 2.04. The fourth-order valence-corrected chi connectivity index (χ4v) is 1.16. The molecular weight excluding hydrogens is 211 g/mol. The van der Waals surface area contributed by atoms with Gasteiger partial charge in [-0.05, 0) is 19.1 Å². The van der Waals surface area contributed by atoms with Gasteiger partial charge in [0, 0.05) is 0 Å². The molecule has 1 aromatic heterocycles. The lowest BCUT2D eigenvalue weighted by Gasteiger charge is -2.04. The summed E-state index contributed by atoms with van der Waals surface area (Å²) in [6.07, 6.45) is 0. The van der Waals surface area contributed by atoms with Crippen LogP contribution in [0.5, 0.6) is 0 Å². The molecular formula is C10H9FN4O. The molecule has 1 heterocycles. The van der Waals surface area contributed by atoms with Crippen LogP contribution in [-0.2, 0) is 0 Å². The number of rotatable bonds is 2. The minimum Gasteiger partial charge on any atom is -0.320 e. The smallest absolute Gasteiger partial charge is 0.285 e.